The molecule has 112 valence electrons. The fraction of sp³-hybridized carbons (Fsp3) is 0.250. The van der Waals surface area contributed by atoms with Gasteiger partial charge in [0.25, 0.3) is 5.91 Å². The number of sulfonamides is 1. The van der Waals surface area contributed by atoms with E-state index in [9.17, 15) is 13.2 Å². The Bertz CT molecular complexity index is 754. The summed E-state index contributed by atoms with van der Waals surface area (Å²) in [7, 11) is -3.61. The molecule has 0 aliphatic rings. The van der Waals surface area contributed by atoms with E-state index < -0.39 is 15.9 Å². The van der Waals surface area contributed by atoms with Gasteiger partial charge in [0.2, 0.25) is 21.7 Å². The van der Waals surface area contributed by atoms with Crippen LogP contribution in [0, 0.1) is 6.92 Å². The van der Waals surface area contributed by atoms with Crippen molar-refractivity contribution in [1.29, 1.82) is 0 Å². The SMILES string of the molecule is Cc1nc(COc2cccc(C(=O)NS(C)(=O)=O)c2)no1. The summed E-state index contributed by atoms with van der Waals surface area (Å²) in [5, 5.41) is 3.67. The maximum absolute atomic E-state index is 11.7. The van der Waals surface area contributed by atoms with Crippen molar-refractivity contribution >= 4 is 15.9 Å². The zero-order valence-corrected chi connectivity index (χ0v) is 12.2. The molecule has 1 aromatic heterocycles. The largest absolute Gasteiger partial charge is 0.485 e. The van der Waals surface area contributed by atoms with Crippen LogP contribution in [0.1, 0.15) is 22.1 Å². The molecule has 0 atom stereocenters. The van der Waals surface area contributed by atoms with E-state index in [0.29, 0.717) is 17.5 Å². The Morgan fingerprint density at radius 2 is 2.19 bits per heavy atom. The van der Waals surface area contributed by atoms with Crippen molar-refractivity contribution in [2.75, 3.05) is 6.26 Å². The van der Waals surface area contributed by atoms with E-state index in [1.165, 1.54) is 12.1 Å². The average molecular weight is 311 g/mol. The molecule has 0 fully saturated rings. The van der Waals surface area contributed by atoms with Crippen molar-refractivity contribution in [1.82, 2.24) is 14.9 Å². The maximum atomic E-state index is 11.7. The minimum atomic E-state index is -3.61. The third kappa shape index (κ3) is 4.56. The molecular weight excluding hydrogens is 298 g/mol. The van der Waals surface area contributed by atoms with E-state index in [1.54, 1.807) is 19.1 Å². The summed E-state index contributed by atoms with van der Waals surface area (Å²) in [6.07, 6.45) is 0.907. The number of amides is 1. The van der Waals surface area contributed by atoms with Crippen LogP contribution in [0.3, 0.4) is 0 Å². The predicted octanol–water partition coefficient (Wildman–Crippen LogP) is 0.646. The van der Waals surface area contributed by atoms with E-state index in [2.05, 4.69) is 10.1 Å². The lowest BCUT2D eigenvalue weighted by atomic mass is 10.2. The smallest absolute Gasteiger partial charge is 0.264 e. The van der Waals surface area contributed by atoms with Crippen molar-refractivity contribution in [3.8, 4) is 5.75 Å². The Morgan fingerprint density at radius 1 is 1.43 bits per heavy atom. The third-order valence-corrected chi connectivity index (χ3v) is 2.87. The van der Waals surface area contributed by atoms with Gasteiger partial charge in [-0.3, -0.25) is 4.79 Å². The minimum absolute atomic E-state index is 0.0779. The Labute approximate surface area is 121 Å². The molecule has 1 heterocycles. The number of rotatable bonds is 5. The van der Waals surface area contributed by atoms with E-state index >= 15 is 0 Å². The number of aryl methyl sites for hydroxylation is 1. The molecule has 21 heavy (non-hydrogen) atoms. The second-order valence-electron chi connectivity index (χ2n) is 4.25. The highest BCUT2D eigenvalue weighted by molar-refractivity contribution is 7.89. The number of aromatic nitrogens is 2. The van der Waals surface area contributed by atoms with Gasteiger partial charge in [-0.2, -0.15) is 4.98 Å². The molecule has 0 spiro atoms. The van der Waals surface area contributed by atoms with Gasteiger partial charge < -0.3 is 9.26 Å². The molecule has 2 aromatic rings. The number of benzene rings is 1. The number of hydrogen-bond donors (Lipinski definition) is 1. The summed E-state index contributed by atoms with van der Waals surface area (Å²) >= 11 is 0. The highest BCUT2D eigenvalue weighted by atomic mass is 32.2. The molecule has 0 radical (unpaired) electrons. The molecular formula is C12H13N3O5S. The number of carbonyl (C=O) groups is 1. The van der Waals surface area contributed by atoms with Gasteiger partial charge in [0.05, 0.1) is 6.26 Å². The van der Waals surface area contributed by atoms with E-state index in [0.717, 1.165) is 6.26 Å². The molecule has 0 bridgehead atoms. The Kier molecular flexibility index (Phi) is 4.22. The highest BCUT2D eigenvalue weighted by Gasteiger charge is 2.12. The zero-order valence-electron chi connectivity index (χ0n) is 11.4. The van der Waals surface area contributed by atoms with Gasteiger partial charge in [-0.05, 0) is 18.2 Å². The first kappa shape index (κ1) is 15.0. The number of carbonyl (C=O) groups excluding carboxylic acids is 1. The van der Waals surface area contributed by atoms with Crippen molar-refractivity contribution in [2.24, 2.45) is 0 Å². The zero-order chi connectivity index (χ0) is 15.5. The third-order valence-electron chi connectivity index (χ3n) is 2.31. The first-order valence-corrected chi connectivity index (χ1v) is 7.77. The standard InChI is InChI=1S/C12H13N3O5S/c1-8-13-11(14-20-8)7-19-10-5-3-4-9(6-10)12(16)15-21(2,17)18/h3-6H,7H2,1-2H3,(H,15,16). The van der Waals surface area contributed by atoms with E-state index in [-0.39, 0.29) is 12.2 Å². The van der Waals surface area contributed by atoms with Crippen LogP contribution in [0.15, 0.2) is 28.8 Å². The van der Waals surface area contributed by atoms with Gasteiger partial charge in [0.1, 0.15) is 5.75 Å². The summed E-state index contributed by atoms with van der Waals surface area (Å²) in [5.74, 6) is 0.463. The monoisotopic (exact) mass is 311 g/mol. The average Bonchev–Trinajstić information content (AvgIpc) is 2.81. The van der Waals surface area contributed by atoms with Crippen molar-refractivity contribution < 1.29 is 22.5 Å². The Balaban J connectivity index is 2.05. The van der Waals surface area contributed by atoms with Gasteiger partial charge >= 0.3 is 0 Å². The van der Waals surface area contributed by atoms with Crippen LogP contribution in [0.4, 0.5) is 0 Å². The van der Waals surface area contributed by atoms with Gasteiger partial charge in [-0.25, -0.2) is 13.1 Å². The van der Waals surface area contributed by atoms with Gasteiger partial charge in [0, 0.05) is 12.5 Å². The quantitative estimate of drug-likeness (QED) is 0.862. The topological polar surface area (TPSA) is 111 Å². The van der Waals surface area contributed by atoms with Crippen LogP contribution >= 0.6 is 0 Å². The summed E-state index contributed by atoms with van der Waals surface area (Å²) in [4.78, 5) is 15.7. The lowest BCUT2D eigenvalue weighted by Gasteiger charge is -2.06. The van der Waals surface area contributed by atoms with Crippen LogP contribution in [-0.2, 0) is 16.6 Å². The van der Waals surface area contributed by atoms with Crippen molar-refractivity contribution in [3.63, 3.8) is 0 Å². The van der Waals surface area contributed by atoms with Crippen LogP contribution in [-0.4, -0.2) is 30.7 Å². The van der Waals surface area contributed by atoms with Gasteiger partial charge in [-0.1, -0.05) is 11.2 Å². The van der Waals surface area contributed by atoms with E-state index in [4.69, 9.17) is 9.26 Å². The number of hydrogen-bond acceptors (Lipinski definition) is 7. The number of ether oxygens (including phenoxy) is 1. The second-order valence-corrected chi connectivity index (χ2v) is 6.00. The lowest BCUT2D eigenvalue weighted by Crippen LogP contribution is -2.29. The summed E-state index contributed by atoms with van der Waals surface area (Å²) in [6, 6.07) is 6.11. The first-order chi connectivity index (χ1) is 9.83. The summed E-state index contributed by atoms with van der Waals surface area (Å²) in [5.41, 5.74) is 0.169. The summed E-state index contributed by atoms with van der Waals surface area (Å²) < 4.78 is 34.1. The molecule has 2 rings (SSSR count). The van der Waals surface area contributed by atoms with Gasteiger partial charge in [-0.15, -0.1) is 0 Å². The molecule has 8 nitrogen and oxygen atoms in total. The Morgan fingerprint density at radius 3 is 2.81 bits per heavy atom. The molecule has 0 saturated heterocycles. The second kappa shape index (κ2) is 5.92. The fourth-order valence-corrected chi connectivity index (χ4v) is 1.96. The molecule has 1 amide bonds. The van der Waals surface area contributed by atoms with Crippen molar-refractivity contribution in [2.45, 2.75) is 13.5 Å². The van der Waals surface area contributed by atoms with Crippen LogP contribution in [0.2, 0.25) is 0 Å². The normalized spacial score (nSPS) is 11.1. The molecule has 9 heteroatoms. The molecule has 0 aliphatic heterocycles. The molecule has 0 saturated carbocycles. The predicted molar refractivity (Wildman–Crippen MR) is 72.1 cm³/mol. The lowest BCUT2D eigenvalue weighted by molar-refractivity contribution is 0.0981. The molecule has 0 aliphatic carbocycles. The molecule has 1 aromatic carbocycles. The summed E-state index contributed by atoms with van der Waals surface area (Å²) in [6.45, 7) is 1.74. The van der Waals surface area contributed by atoms with Crippen LogP contribution < -0.4 is 9.46 Å². The first-order valence-electron chi connectivity index (χ1n) is 5.88. The van der Waals surface area contributed by atoms with Crippen LogP contribution in [0.25, 0.3) is 0 Å². The minimum Gasteiger partial charge on any atom is -0.485 e. The number of nitrogens with zero attached hydrogens (tertiary/aromatic N) is 2. The van der Waals surface area contributed by atoms with Gasteiger partial charge in [0.15, 0.2) is 6.61 Å². The molecule has 1 N–H and O–H groups in total. The fourth-order valence-electron chi connectivity index (χ4n) is 1.50. The Hall–Kier alpha value is -2.42. The van der Waals surface area contributed by atoms with Crippen LogP contribution in [0.5, 0.6) is 5.75 Å². The molecule has 0 unspecified atom stereocenters. The maximum Gasteiger partial charge on any atom is 0.264 e. The van der Waals surface area contributed by atoms with E-state index in [1.807, 2.05) is 4.72 Å². The van der Waals surface area contributed by atoms with Crippen molar-refractivity contribution in [3.05, 3.63) is 41.5 Å². The number of nitrogens with one attached hydrogen (secondary N) is 1. The highest BCUT2D eigenvalue weighted by Crippen LogP contribution is 2.14.